The first-order chi connectivity index (χ1) is 17.1. The van der Waals surface area contributed by atoms with E-state index in [2.05, 4.69) is 20.7 Å². The Morgan fingerprint density at radius 1 is 1.00 bits per heavy atom. The maximum atomic E-state index is 14.1. The molecule has 0 spiro atoms. The summed E-state index contributed by atoms with van der Waals surface area (Å²) in [6.45, 7) is -1.55. The minimum Gasteiger partial charge on any atom is -0.488 e. The van der Waals surface area contributed by atoms with Crippen LogP contribution in [0.3, 0.4) is 0 Å². The molecule has 0 aliphatic rings. The van der Waals surface area contributed by atoms with Crippen LogP contribution in [0.4, 0.5) is 17.6 Å². The largest absolute Gasteiger partial charge is 0.488 e. The molecule has 1 N–H and O–H groups in total. The number of nitrogens with zero attached hydrogens (tertiary/aromatic N) is 1. The van der Waals surface area contributed by atoms with Gasteiger partial charge in [-0.3, -0.25) is 0 Å². The van der Waals surface area contributed by atoms with Gasteiger partial charge in [0.2, 0.25) is 0 Å². The molecular formula is C26H18BrF4NO4. The predicted molar refractivity (Wildman–Crippen MR) is 128 cm³/mol. The zero-order valence-electron chi connectivity index (χ0n) is 18.6. The van der Waals surface area contributed by atoms with Gasteiger partial charge >= 0.3 is 12.6 Å². The molecule has 4 rings (SSSR count). The second-order valence-corrected chi connectivity index (χ2v) is 8.64. The third-order valence-electron chi connectivity index (χ3n) is 5.36. The van der Waals surface area contributed by atoms with Crippen molar-refractivity contribution in [3.05, 3.63) is 99.7 Å². The third-order valence-corrected chi connectivity index (χ3v) is 5.85. The molecule has 5 nitrogen and oxygen atoms in total. The highest BCUT2D eigenvalue weighted by Crippen LogP contribution is 2.37. The molecule has 0 fully saturated rings. The Kier molecular flexibility index (Phi) is 7.35. The van der Waals surface area contributed by atoms with Crippen molar-refractivity contribution in [1.82, 2.24) is 4.57 Å². The van der Waals surface area contributed by atoms with Crippen molar-refractivity contribution >= 4 is 21.9 Å². The number of aryl methyl sites for hydroxylation is 1. The zero-order valence-corrected chi connectivity index (χ0v) is 20.2. The quantitative estimate of drug-likeness (QED) is 0.227. The van der Waals surface area contributed by atoms with E-state index in [1.807, 2.05) is 0 Å². The van der Waals surface area contributed by atoms with Gasteiger partial charge in [-0.15, -0.1) is 0 Å². The van der Waals surface area contributed by atoms with Gasteiger partial charge in [-0.05, 0) is 67.6 Å². The molecule has 0 atom stereocenters. The van der Waals surface area contributed by atoms with Crippen LogP contribution in [0.5, 0.6) is 11.5 Å². The van der Waals surface area contributed by atoms with Crippen molar-refractivity contribution in [3.8, 4) is 28.4 Å². The fraction of sp³-hybridized carbons (Fsp3) is 0.115. The van der Waals surface area contributed by atoms with E-state index in [4.69, 9.17) is 4.74 Å². The standard InChI is InChI=1S/C26H18BrF4NO4/c1-14-2-7-22(32(14)18-6-9-24(36-26(30)31)20(12-18)25(33)34)19-10-16(27)4-8-23(19)35-13-15-3-5-17(28)11-21(15)29/h2-12,26H,13H2,1H3,(H,33,34). The molecule has 0 aliphatic carbocycles. The van der Waals surface area contributed by atoms with Gasteiger partial charge in [0.1, 0.15) is 35.3 Å². The van der Waals surface area contributed by atoms with Crippen molar-refractivity contribution in [1.29, 1.82) is 0 Å². The molecule has 0 saturated heterocycles. The molecule has 0 saturated carbocycles. The number of hydrogen-bond acceptors (Lipinski definition) is 3. The smallest absolute Gasteiger partial charge is 0.387 e. The number of hydrogen-bond donors (Lipinski definition) is 1. The summed E-state index contributed by atoms with van der Waals surface area (Å²) >= 11 is 3.43. The highest BCUT2D eigenvalue weighted by Gasteiger charge is 2.20. The molecular weight excluding hydrogens is 546 g/mol. The minimum absolute atomic E-state index is 0.163. The molecule has 0 bridgehead atoms. The summed E-state index contributed by atoms with van der Waals surface area (Å²) in [7, 11) is 0. The number of aromatic nitrogens is 1. The van der Waals surface area contributed by atoms with Gasteiger partial charge in [0.15, 0.2) is 0 Å². The Hall–Kier alpha value is -3.79. The average molecular weight is 564 g/mol. The molecule has 0 radical (unpaired) electrons. The Morgan fingerprint density at radius 3 is 2.44 bits per heavy atom. The number of carboxylic acid groups (broad SMARTS) is 1. The van der Waals surface area contributed by atoms with Gasteiger partial charge in [0, 0.05) is 33.0 Å². The molecule has 1 aromatic heterocycles. The van der Waals surface area contributed by atoms with E-state index in [0.29, 0.717) is 22.7 Å². The number of carbonyl (C=O) groups is 1. The fourth-order valence-electron chi connectivity index (χ4n) is 3.74. The van der Waals surface area contributed by atoms with Crippen LogP contribution in [0.25, 0.3) is 16.9 Å². The van der Waals surface area contributed by atoms with Gasteiger partial charge in [-0.1, -0.05) is 15.9 Å². The Balaban J connectivity index is 1.76. The van der Waals surface area contributed by atoms with Gasteiger partial charge < -0.3 is 19.1 Å². The van der Waals surface area contributed by atoms with Crippen molar-refractivity contribution in [3.63, 3.8) is 0 Å². The van der Waals surface area contributed by atoms with Crippen LogP contribution < -0.4 is 9.47 Å². The lowest BCUT2D eigenvalue weighted by Crippen LogP contribution is -2.09. The summed E-state index contributed by atoms with van der Waals surface area (Å²) in [5, 5.41) is 9.54. The van der Waals surface area contributed by atoms with Crippen LogP contribution in [0.1, 0.15) is 21.6 Å². The van der Waals surface area contributed by atoms with Gasteiger partial charge in [0.25, 0.3) is 0 Å². The fourth-order valence-corrected chi connectivity index (χ4v) is 4.10. The molecule has 36 heavy (non-hydrogen) atoms. The monoisotopic (exact) mass is 563 g/mol. The van der Waals surface area contributed by atoms with E-state index < -0.39 is 35.5 Å². The lowest BCUT2D eigenvalue weighted by Gasteiger charge is -2.17. The maximum absolute atomic E-state index is 14.1. The van der Waals surface area contributed by atoms with Crippen molar-refractivity contribution in [2.45, 2.75) is 20.1 Å². The van der Waals surface area contributed by atoms with Crippen molar-refractivity contribution < 1.29 is 36.9 Å². The summed E-state index contributed by atoms with van der Waals surface area (Å²) in [5.41, 5.74) is 2.04. The van der Waals surface area contributed by atoms with E-state index >= 15 is 0 Å². The average Bonchev–Trinajstić information content (AvgIpc) is 3.20. The number of aromatic carboxylic acids is 1. The van der Waals surface area contributed by atoms with E-state index in [9.17, 15) is 27.5 Å². The van der Waals surface area contributed by atoms with Crippen LogP contribution >= 0.6 is 15.9 Å². The number of rotatable bonds is 8. The lowest BCUT2D eigenvalue weighted by molar-refractivity contribution is -0.0503. The molecule has 10 heteroatoms. The molecule has 186 valence electrons. The van der Waals surface area contributed by atoms with E-state index in [0.717, 1.165) is 22.3 Å². The second kappa shape index (κ2) is 10.4. The highest BCUT2D eigenvalue weighted by molar-refractivity contribution is 9.10. The molecule has 1 heterocycles. The zero-order chi connectivity index (χ0) is 26.0. The van der Waals surface area contributed by atoms with Crippen LogP contribution in [0, 0.1) is 18.6 Å². The van der Waals surface area contributed by atoms with Crippen LogP contribution in [0.2, 0.25) is 0 Å². The Labute approximate surface area is 211 Å². The van der Waals surface area contributed by atoms with Gasteiger partial charge in [-0.2, -0.15) is 8.78 Å². The van der Waals surface area contributed by atoms with Crippen molar-refractivity contribution in [2.24, 2.45) is 0 Å². The van der Waals surface area contributed by atoms with E-state index in [1.165, 1.54) is 24.3 Å². The van der Waals surface area contributed by atoms with E-state index in [1.54, 1.807) is 41.8 Å². The first kappa shape index (κ1) is 25.3. The first-order valence-corrected chi connectivity index (χ1v) is 11.3. The minimum atomic E-state index is -3.18. The molecule has 0 unspecified atom stereocenters. The number of halogens is 5. The molecule has 4 aromatic rings. The highest BCUT2D eigenvalue weighted by atomic mass is 79.9. The summed E-state index contributed by atoms with van der Waals surface area (Å²) in [5.74, 6) is -2.93. The Bertz CT molecular complexity index is 1440. The van der Waals surface area contributed by atoms with Crippen molar-refractivity contribution in [2.75, 3.05) is 0 Å². The van der Waals surface area contributed by atoms with Crippen LogP contribution in [-0.2, 0) is 6.61 Å². The summed E-state index contributed by atoms with van der Waals surface area (Å²) in [6.07, 6.45) is 0. The number of carboxylic acids is 1. The first-order valence-electron chi connectivity index (χ1n) is 10.5. The summed E-state index contributed by atoms with van der Waals surface area (Å²) in [6, 6.07) is 15.8. The van der Waals surface area contributed by atoms with Crippen LogP contribution in [-0.4, -0.2) is 22.3 Å². The summed E-state index contributed by atoms with van der Waals surface area (Å²) < 4.78 is 65.5. The number of benzene rings is 3. The lowest BCUT2D eigenvalue weighted by atomic mass is 10.1. The molecule has 3 aromatic carbocycles. The van der Waals surface area contributed by atoms with Gasteiger partial charge in [0.05, 0.1) is 5.69 Å². The molecule has 0 amide bonds. The SMILES string of the molecule is Cc1ccc(-c2cc(Br)ccc2OCc2ccc(F)cc2F)n1-c1ccc(OC(F)F)c(C(=O)O)c1. The third kappa shape index (κ3) is 5.38. The topological polar surface area (TPSA) is 60.7 Å². The number of alkyl halides is 2. The second-order valence-electron chi connectivity index (χ2n) is 7.72. The Morgan fingerprint density at radius 2 is 1.75 bits per heavy atom. The normalized spacial score (nSPS) is 11.1. The maximum Gasteiger partial charge on any atom is 0.387 e. The summed E-state index contributed by atoms with van der Waals surface area (Å²) in [4.78, 5) is 11.7. The van der Waals surface area contributed by atoms with Crippen LogP contribution in [0.15, 0.2) is 71.2 Å². The van der Waals surface area contributed by atoms with E-state index in [-0.39, 0.29) is 12.2 Å². The molecule has 0 aliphatic heterocycles. The predicted octanol–water partition coefficient (Wildman–Crippen LogP) is 7.37. The van der Waals surface area contributed by atoms with Gasteiger partial charge in [-0.25, -0.2) is 13.6 Å². The number of ether oxygens (including phenoxy) is 2.